The molecule has 1 fully saturated rings. The molecule has 8 atom stereocenters. The molecule has 412 valence electrons. The van der Waals surface area contributed by atoms with Crippen molar-refractivity contribution in [2.45, 2.75) is 294 Å². The van der Waals surface area contributed by atoms with Crippen LogP contribution in [0.3, 0.4) is 0 Å². The van der Waals surface area contributed by atoms with Crippen LogP contribution < -0.4 is 5.32 Å². The van der Waals surface area contributed by atoms with Crippen molar-refractivity contribution in [3.63, 3.8) is 0 Å². The van der Waals surface area contributed by atoms with Gasteiger partial charge in [-0.25, -0.2) is 0 Å². The van der Waals surface area contributed by atoms with Gasteiger partial charge < -0.3 is 45.1 Å². The molecule has 6 N–H and O–H groups in total. The van der Waals surface area contributed by atoms with Crippen molar-refractivity contribution in [3.05, 3.63) is 60.8 Å². The summed E-state index contributed by atoms with van der Waals surface area (Å²) in [5.74, 6) is -1.23. The Morgan fingerprint density at radius 2 is 0.972 bits per heavy atom. The summed E-state index contributed by atoms with van der Waals surface area (Å²) < 4.78 is 17.5. The quantitative estimate of drug-likeness (QED) is 0.0196. The van der Waals surface area contributed by atoms with Crippen LogP contribution in [0.15, 0.2) is 60.8 Å². The Balaban J connectivity index is 2.73. The van der Waals surface area contributed by atoms with Gasteiger partial charge >= 0.3 is 5.97 Å². The standard InChI is InChI=1S/C60H107NO10/c1-4-7-10-13-16-19-22-24-25-26-27-28-30-32-35-38-41-44-47-53(64)59(68)61-51(52(63)46-43-40-37-34-31-21-18-15-12-9-6-3)50-69-60-58(57(67)56(66)54(49-62)70-60)71-55(65)48-45-42-39-36-33-29-23-20-17-14-11-8-5-2/h16,19,24-25,27-29,33,43,46,51-54,56-58,60,62-64,66-67H,4-15,17-18,20-23,26,30-32,34-42,44-45,47-50H2,1-3H3,(H,61,68)/b19-16-,25-24-,28-27-,33-29-,46-43+. The molecule has 8 unspecified atom stereocenters. The maximum absolute atomic E-state index is 13.4. The van der Waals surface area contributed by atoms with Crippen molar-refractivity contribution in [1.82, 2.24) is 5.32 Å². The highest BCUT2D eigenvalue weighted by Crippen LogP contribution is 2.26. The van der Waals surface area contributed by atoms with Crippen LogP contribution in [-0.2, 0) is 23.8 Å². The Morgan fingerprint density at radius 3 is 1.49 bits per heavy atom. The number of rotatable bonds is 48. The molecule has 1 amide bonds. The SMILES string of the molecule is CCCCC/C=C\C/C=C\C/C=C\CCCCCCCC(O)C(=O)NC(COC1OC(CO)C(O)C(O)C1OC(=O)CCCCC/C=C\CCCCCCCC)C(O)/C=C/CCCCCCCCCCC. The van der Waals surface area contributed by atoms with Gasteiger partial charge in [0.05, 0.1) is 25.4 Å². The van der Waals surface area contributed by atoms with E-state index >= 15 is 0 Å². The first-order chi connectivity index (χ1) is 34.7. The maximum Gasteiger partial charge on any atom is 0.306 e. The van der Waals surface area contributed by atoms with Crippen molar-refractivity contribution in [3.8, 4) is 0 Å². The van der Waals surface area contributed by atoms with Gasteiger partial charge in [-0.1, -0.05) is 210 Å². The molecule has 1 heterocycles. The van der Waals surface area contributed by atoms with Crippen LogP contribution in [0, 0.1) is 0 Å². The number of aliphatic hydroxyl groups excluding tert-OH is 5. The normalized spacial score (nSPS) is 20.0. The van der Waals surface area contributed by atoms with Crippen molar-refractivity contribution >= 4 is 11.9 Å². The zero-order chi connectivity index (χ0) is 51.8. The first-order valence-electron chi connectivity index (χ1n) is 29.1. The summed E-state index contributed by atoms with van der Waals surface area (Å²) in [7, 11) is 0. The smallest absolute Gasteiger partial charge is 0.306 e. The minimum absolute atomic E-state index is 0.100. The van der Waals surface area contributed by atoms with E-state index in [2.05, 4.69) is 74.7 Å². The fourth-order valence-electron chi connectivity index (χ4n) is 8.71. The van der Waals surface area contributed by atoms with Crippen molar-refractivity contribution in [2.24, 2.45) is 0 Å². The van der Waals surface area contributed by atoms with E-state index in [0.29, 0.717) is 12.8 Å². The lowest BCUT2D eigenvalue weighted by atomic mass is 9.99. The van der Waals surface area contributed by atoms with E-state index in [1.54, 1.807) is 6.08 Å². The molecule has 0 spiro atoms. The van der Waals surface area contributed by atoms with Gasteiger partial charge in [0.2, 0.25) is 5.91 Å². The lowest BCUT2D eigenvalue weighted by Gasteiger charge is -2.41. The van der Waals surface area contributed by atoms with Gasteiger partial charge in [-0.3, -0.25) is 9.59 Å². The number of amides is 1. The highest BCUT2D eigenvalue weighted by Gasteiger charge is 2.47. The summed E-state index contributed by atoms with van der Waals surface area (Å²) in [6, 6.07) is -1.03. The molecular formula is C60H107NO10. The third-order valence-electron chi connectivity index (χ3n) is 13.4. The van der Waals surface area contributed by atoms with Crippen LogP contribution in [-0.4, -0.2) is 99.6 Å². The third kappa shape index (κ3) is 36.9. The van der Waals surface area contributed by atoms with E-state index in [4.69, 9.17) is 14.2 Å². The number of ether oxygens (including phenoxy) is 3. The Kier molecular flexibility index (Phi) is 45.2. The van der Waals surface area contributed by atoms with Crippen LogP contribution in [0.2, 0.25) is 0 Å². The minimum atomic E-state index is -1.62. The number of carbonyl (C=O) groups excluding carboxylic acids is 2. The van der Waals surface area contributed by atoms with Gasteiger partial charge in [-0.15, -0.1) is 0 Å². The van der Waals surface area contributed by atoms with Crippen LogP contribution >= 0.6 is 0 Å². The summed E-state index contributed by atoms with van der Waals surface area (Å²) in [4.78, 5) is 26.4. The molecule has 1 saturated heterocycles. The fraction of sp³-hybridized carbons (Fsp3) is 0.800. The molecule has 0 aromatic carbocycles. The lowest BCUT2D eigenvalue weighted by Crippen LogP contribution is -2.61. The van der Waals surface area contributed by atoms with Gasteiger partial charge in [0.15, 0.2) is 12.4 Å². The monoisotopic (exact) mass is 1000 g/mol. The Labute approximate surface area is 433 Å². The molecule has 71 heavy (non-hydrogen) atoms. The molecule has 1 aliphatic heterocycles. The zero-order valence-electron chi connectivity index (χ0n) is 45.3. The summed E-state index contributed by atoms with van der Waals surface area (Å²) >= 11 is 0. The number of allylic oxidation sites excluding steroid dienone is 9. The number of hydrogen-bond acceptors (Lipinski definition) is 10. The highest BCUT2D eigenvalue weighted by molar-refractivity contribution is 5.80. The van der Waals surface area contributed by atoms with Crippen molar-refractivity contribution in [2.75, 3.05) is 13.2 Å². The Bertz CT molecular complexity index is 1380. The van der Waals surface area contributed by atoms with E-state index in [1.165, 1.54) is 109 Å². The molecule has 0 aliphatic carbocycles. The molecule has 0 aromatic rings. The predicted molar refractivity (Wildman–Crippen MR) is 292 cm³/mol. The molecule has 0 aromatic heterocycles. The molecule has 11 nitrogen and oxygen atoms in total. The minimum Gasteiger partial charge on any atom is -0.454 e. The van der Waals surface area contributed by atoms with Gasteiger partial charge in [0.1, 0.15) is 24.4 Å². The topological polar surface area (TPSA) is 175 Å². The summed E-state index contributed by atoms with van der Waals surface area (Å²) in [5, 5.41) is 56.8. The first-order valence-corrected chi connectivity index (χ1v) is 29.1. The Hall–Kier alpha value is -2.64. The number of unbranched alkanes of at least 4 members (excludes halogenated alkanes) is 26. The number of nitrogens with one attached hydrogen (secondary N) is 1. The van der Waals surface area contributed by atoms with E-state index in [9.17, 15) is 35.1 Å². The van der Waals surface area contributed by atoms with Gasteiger partial charge in [0, 0.05) is 6.42 Å². The average Bonchev–Trinajstić information content (AvgIpc) is 3.37. The lowest BCUT2D eigenvalue weighted by molar-refractivity contribution is -0.305. The summed E-state index contributed by atoms with van der Waals surface area (Å²) in [6.45, 7) is 5.71. The number of esters is 1. The van der Waals surface area contributed by atoms with Crippen LogP contribution in [0.1, 0.15) is 245 Å². The highest BCUT2D eigenvalue weighted by atomic mass is 16.7. The molecule has 0 radical (unpaired) electrons. The molecule has 11 heteroatoms. The van der Waals surface area contributed by atoms with E-state index < -0.39 is 67.4 Å². The van der Waals surface area contributed by atoms with Crippen LogP contribution in [0.5, 0.6) is 0 Å². The maximum atomic E-state index is 13.4. The fourth-order valence-corrected chi connectivity index (χ4v) is 8.71. The molecular weight excluding hydrogens is 895 g/mol. The van der Waals surface area contributed by atoms with Crippen molar-refractivity contribution < 1.29 is 49.3 Å². The van der Waals surface area contributed by atoms with Crippen molar-refractivity contribution in [1.29, 1.82) is 0 Å². The van der Waals surface area contributed by atoms with Crippen LogP contribution in [0.4, 0.5) is 0 Å². The van der Waals surface area contributed by atoms with Gasteiger partial charge in [-0.05, 0) is 89.9 Å². The molecule has 0 bridgehead atoms. The zero-order valence-corrected chi connectivity index (χ0v) is 45.3. The van der Waals surface area contributed by atoms with E-state index in [0.717, 1.165) is 89.9 Å². The predicted octanol–water partition coefficient (Wildman–Crippen LogP) is 13.1. The largest absolute Gasteiger partial charge is 0.454 e. The first kappa shape index (κ1) is 66.4. The van der Waals surface area contributed by atoms with E-state index in [1.807, 2.05) is 6.08 Å². The number of aliphatic hydroxyl groups is 5. The van der Waals surface area contributed by atoms with Gasteiger partial charge in [0.25, 0.3) is 0 Å². The summed E-state index contributed by atoms with van der Waals surface area (Å²) in [6.07, 6.45) is 48.3. The third-order valence-corrected chi connectivity index (χ3v) is 13.4. The van der Waals surface area contributed by atoms with E-state index in [-0.39, 0.29) is 19.4 Å². The number of hydrogen-bond donors (Lipinski definition) is 6. The van der Waals surface area contributed by atoms with Crippen LogP contribution in [0.25, 0.3) is 0 Å². The second kappa shape index (κ2) is 48.3. The Morgan fingerprint density at radius 1 is 0.549 bits per heavy atom. The van der Waals surface area contributed by atoms with Gasteiger partial charge in [-0.2, -0.15) is 0 Å². The molecule has 0 saturated carbocycles. The number of carbonyl (C=O) groups is 2. The molecule has 1 rings (SSSR count). The second-order valence-electron chi connectivity index (χ2n) is 20.0. The average molecular weight is 1000 g/mol. The molecule has 1 aliphatic rings. The summed E-state index contributed by atoms with van der Waals surface area (Å²) in [5.41, 5.74) is 0. The second-order valence-corrected chi connectivity index (χ2v) is 20.0.